The molecule has 2 aromatic carbocycles. The van der Waals surface area contributed by atoms with Crippen LogP contribution in [0.5, 0.6) is 0 Å². The van der Waals surface area contributed by atoms with Crippen LogP contribution in [-0.2, 0) is 17.9 Å². The van der Waals surface area contributed by atoms with Gasteiger partial charge in [0.05, 0.1) is 17.6 Å². The Hall–Kier alpha value is -2.86. The Balaban J connectivity index is 1.49. The maximum absolute atomic E-state index is 12.7. The molecular formula is C23H25ClN4O2. The van der Waals surface area contributed by atoms with Gasteiger partial charge in [0.25, 0.3) is 5.91 Å². The van der Waals surface area contributed by atoms with Crippen LogP contribution >= 0.6 is 11.6 Å². The standard InChI is InChI=1S/C23H25ClN4O2/c24-17-12-10-16(11-13-17)23(30)25-14-21-27-19-8-4-5-9-20(19)28(21)15-22(29)26-18-6-2-1-3-7-18/h4-5,8-13,18H,1-3,6-7,14-15H2,(H,25,30)(H,26,29). The third kappa shape index (κ3) is 4.82. The number of hydrogen-bond acceptors (Lipinski definition) is 3. The number of carbonyl (C=O) groups is 2. The van der Waals surface area contributed by atoms with Crippen molar-refractivity contribution in [3.8, 4) is 0 Å². The molecule has 1 aromatic heterocycles. The molecule has 1 aliphatic carbocycles. The SMILES string of the molecule is O=C(Cn1c(CNC(=O)c2ccc(Cl)cc2)nc2ccccc21)NC1CCCCC1. The number of carbonyl (C=O) groups excluding carboxylic acids is 2. The number of para-hydroxylation sites is 2. The van der Waals surface area contributed by atoms with Crippen LogP contribution < -0.4 is 10.6 Å². The number of nitrogens with one attached hydrogen (secondary N) is 2. The van der Waals surface area contributed by atoms with Crippen molar-refractivity contribution in [3.05, 3.63) is 64.9 Å². The molecule has 0 radical (unpaired) electrons. The van der Waals surface area contributed by atoms with Crippen LogP contribution in [0.15, 0.2) is 48.5 Å². The molecule has 2 N–H and O–H groups in total. The van der Waals surface area contributed by atoms with E-state index in [0.717, 1.165) is 23.9 Å². The van der Waals surface area contributed by atoms with E-state index in [1.807, 2.05) is 28.8 Å². The molecule has 1 saturated carbocycles. The molecule has 0 bridgehead atoms. The number of aromatic nitrogens is 2. The van der Waals surface area contributed by atoms with Gasteiger partial charge in [-0.05, 0) is 49.2 Å². The number of imidazole rings is 1. The van der Waals surface area contributed by atoms with Crippen LogP contribution in [-0.4, -0.2) is 27.4 Å². The van der Waals surface area contributed by atoms with Gasteiger partial charge >= 0.3 is 0 Å². The molecule has 0 saturated heterocycles. The summed E-state index contributed by atoms with van der Waals surface area (Å²) in [6, 6.07) is 14.7. The van der Waals surface area contributed by atoms with Gasteiger partial charge in [-0.2, -0.15) is 0 Å². The Morgan fingerprint density at radius 1 is 1.03 bits per heavy atom. The fourth-order valence-corrected chi connectivity index (χ4v) is 4.09. The number of amides is 2. The zero-order chi connectivity index (χ0) is 20.9. The second-order valence-electron chi connectivity index (χ2n) is 7.69. The third-order valence-electron chi connectivity index (χ3n) is 5.52. The highest BCUT2D eigenvalue weighted by Crippen LogP contribution is 2.19. The van der Waals surface area contributed by atoms with E-state index in [1.54, 1.807) is 24.3 Å². The van der Waals surface area contributed by atoms with E-state index in [0.29, 0.717) is 16.4 Å². The van der Waals surface area contributed by atoms with Gasteiger partial charge in [0.1, 0.15) is 12.4 Å². The monoisotopic (exact) mass is 424 g/mol. The van der Waals surface area contributed by atoms with Crippen molar-refractivity contribution in [2.75, 3.05) is 0 Å². The molecule has 0 unspecified atom stereocenters. The van der Waals surface area contributed by atoms with Gasteiger partial charge in [-0.25, -0.2) is 4.98 Å². The molecule has 30 heavy (non-hydrogen) atoms. The quantitative estimate of drug-likeness (QED) is 0.626. The molecule has 0 atom stereocenters. The molecule has 1 fully saturated rings. The molecule has 4 rings (SSSR count). The highest BCUT2D eigenvalue weighted by molar-refractivity contribution is 6.30. The van der Waals surface area contributed by atoms with Crippen LogP contribution in [0.4, 0.5) is 0 Å². The fourth-order valence-electron chi connectivity index (χ4n) is 3.96. The summed E-state index contributed by atoms with van der Waals surface area (Å²) in [6.45, 7) is 0.413. The predicted molar refractivity (Wildman–Crippen MR) is 117 cm³/mol. The number of nitrogens with zero attached hydrogens (tertiary/aromatic N) is 2. The lowest BCUT2D eigenvalue weighted by Crippen LogP contribution is -2.38. The van der Waals surface area contributed by atoms with E-state index in [-0.39, 0.29) is 30.9 Å². The summed E-state index contributed by atoms with van der Waals surface area (Å²) in [5.41, 5.74) is 2.21. The van der Waals surface area contributed by atoms with Crippen molar-refractivity contribution in [2.45, 2.75) is 51.2 Å². The zero-order valence-electron chi connectivity index (χ0n) is 16.7. The molecule has 156 valence electrons. The van der Waals surface area contributed by atoms with Gasteiger partial charge < -0.3 is 15.2 Å². The van der Waals surface area contributed by atoms with Crippen molar-refractivity contribution in [1.29, 1.82) is 0 Å². The summed E-state index contributed by atoms with van der Waals surface area (Å²) in [5, 5.41) is 6.63. The summed E-state index contributed by atoms with van der Waals surface area (Å²) in [6.07, 6.45) is 5.67. The third-order valence-corrected chi connectivity index (χ3v) is 5.77. The average molecular weight is 425 g/mol. The molecule has 6 nitrogen and oxygen atoms in total. The Bertz CT molecular complexity index is 1040. The van der Waals surface area contributed by atoms with Gasteiger partial charge in [-0.15, -0.1) is 0 Å². The Kier molecular flexibility index (Phi) is 6.33. The first-order valence-electron chi connectivity index (χ1n) is 10.4. The van der Waals surface area contributed by atoms with E-state index in [4.69, 9.17) is 11.6 Å². The summed E-state index contributed by atoms with van der Waals surface area (Å²) in [7, 11) is 0. The molecule has 2 amide bonds. The molecule has 0 aliphatic heterocycles. The smallest absolute Gasteiger partial charge is 0.251 e. The number of hydrogen-bond donors (Lipinski definition) is 2. The van der Waals surface area contributed by atoms with Gasteiger partial charge in [0, 0.05) is 16.6 Å². The largest absolute Gasteiger partial charge is 0.352 e. The fraction of sp³-hybridized carbons (Fsp3) is 0.348. The minimum absolute atomic E-state index is 0.0182. The maximum Gasteiger partial charge on any atom is 0.251 e. The first kappa shape index (κ1) is 20.4. The topological polar surface area (TPSA) is 76.0 Å². The normalized spacial score (nSPS) is 14.6. The zero-order valence-corrected chi connectivity index (χ0v) is 17.5. The van der Waals surface area contributed by atoms with E-state index >= 15 is 0 Å². The van der Waals surface area contributed by atoms with Crippen LogP contribution in [0.2, 0.25) is 5.02 Å². The minimum Gasteiger partial charge on any atom is -0.352 e. The van der Waals surface area contributed by atoms with Crippen LogP contribution in [0.1, 0.15) is 48.3 Å². The molecule has 7 heteroatoms. The number of halogens is 1. The van der Waals surface area contributed by atoms with Gasteiger partial charge in [0.2, 0.25) is 5.91 Å². The second kappa shape index (κ2) is 9.30. The van der Waals surface area contributed by atoms with E-state index < -0.39 is 0 Å². The second-order valence-corrected chi connectivity index (χ2v) is 8.13. The Morgan fingerprint density at radius 2 is 1.77 bits per heavy atom. The van der Waals surface area contributed by atoms with Crippen LogP contribution in [0.25, 0.3) is 11.0 Å². The lowest BCUT2D eigenvalue weighted by atomic mass is 9.95. The van der Waals surface area contributed by atoms with Crippen molar-refractivity contribution in [2.24, 2.45) is 0 Å². The van der Waals surface area contributed by atoms with Crippen molar-refractivity contribution in [1.82, 2.24) is 20.2 Å². The first-order valence-corrected chi connectivity index (χ1v) is 10.8. The molecule has 1 heterocycles. The van der Waals surface area contributed by atoms with Crippen molar-refractivity contribution in [3.63, 3.8) is 0 Å². The number of rotatable bonds is 6. The highest BCUT2D eigenvalue weighted by Gasteiger charge is 2.18. The summed E-state index contributed by atoms with van der Waals surface area (Å²) in [4.78, 5) is 29.8. The lowest BCUT2D eigenvalue weighted by Gasteiger charge is -2.23. The lowest BCUT2D eigenvalue weighted by molar-refractivity contribution is -0.122. The average Bonchev–Trinajstić information content (AvgIpc) is 3.10. The predicted octanol–water partition coefficient (Wildman–Crippen LogP) is 4.07. The minimum atomic E-state index is -0.211. The summed E-state index contributed by atoms with van der Waals surface area (Å²) >= 11 is 5.89. The first-order chi connectivity index (χ1) is 14.6. The molecule has 3 aromatic rings. The Morgan fingerprint density at radius 3 is 2.53 bits per heavy atom. The highest BCUT2D eigenvalue weighted by atomic mass is 35.5. The van der Waals surface area contributed by atoms with Crippen molar-refractivity contribution < 1.29 is 9.59 Å². The van der Waals surface area contributed by atoms with E-state index in [1.165, 1.54) is 19.3 Å². The van der Waals surface area contributed by atoms with Gasteiger partial charge in [-0.3, -0.25) is 9.59 Å². The van der Waals surface area contributed by atoms with Gasteiger partial charge in [-0.1, -0.05) is 43.0 Å². The summed E-state index contributed by atoms with van der Waals surface area (Å²) < 4.78 is 1.88. The Labute approximate surface area is 180 Å². The summed E-state index contributed by atoms with van der Waals surface area (Å²) in [5.74, 6) is 0.421. The number of fused-ring (bicyclic) bond motifs is 1. The van der Waals surface area contributed by atoms with E-state index in [9.17, 15) is 9.59 Å². The van der Waals surface area contributed by atoms with E-state index in [2.05, 4.69) is 15.6 Å². The molecular weight excluding hydrogens is 400 g/mol. The van der Waals surface area contributed by atoms with Crippen LogP contribution in [0.3, 0.4) is 0 Å². The number of benzene rings is 2. The molecule has 1 aliphatic rings. The maximum atomic E-state index is 12.7. The molecule has 0 spiro atoms. The van der Waals surface area contributed by atoms with Gasteiger partial charge in [0.15, 0.2) is 0 Å². The van der Waals surface area contributed by atoms with Crippen LogP contribution in [0, 0.1) is 0 Å². The van der Waals surface area contributed by atoms with Crippen molar-refractivity contribution >= 4 is 34.4 Å².